The van der Waals surface area contributed by atoms with Gasteiger partial charge in [0.1, 0.15) is 0 Å². The van der Waals surface area contributed by atoms with E-state index in [2.05, 4.69) is 52.4 Å². The third-order valence-electron chi connectivity index (χ3n) is 3.16. The van der Waals surface area contributed by atoms with Gasteiger partial charge in [-0.05, 0) is 30.2 Å². The van der Waals surface area contributed by atoms with Crippen LogP contribution in [0, 0.1) is 5.92 Å². The van der Waals surface area contributed by atoms with E-state index in [9.17, 15) is 0 Å². The molecule has 1 nitrogen and oxygen atoms in total. The summed E-state index contributed by atoms with van der Waals surface area (Å²) in [6, 6.07) is 8.76. The first-order valence-corrected chi connectivity index (χ1v) is 6.06. The maximum Gasteiger partial charge on any atom is 0.0175 e. The third kappa shape index (κ3) is 2.01. The van der Waals surface area contributed by atoms with Crippen molar-refractivity contribution in [2.75, 3.05) is 13.1 Å². The summed E-state index contributed by atoms with van der Waals surface area (Å²) in [7, 11) is 0. The summed E-state index contributed by atoms with van der Waals surface area (Å²) in [5.74, 6) is 1.53. The molecular weight excluding hydrogens is 238 g/mol. The van der Waals surface area contributed by atoms with Crippen molar-refractivity contribution >= 4 is 15.9 Å². The van der Waals surface area contributed by atoms with Crippen LogP contribution in [0.4, 0.5) is 0 Å². The molecular formula is C12H16BrN. The fourth-order valence-corrected chi connectivity index (χ4v) is 2.53. The van der Waals surface area contributed by atoms with Crippen molar-refractivity contribution < 1.29 is 0 Å². The standard InChI is InChI=1S/C12H16BrN/c1-2-9-7-14-8-12(9)10-3-5-11(13)6-4-10/h3-6,9,12,14H,2,7-8H2,1H3/t9-,12-/m0/s1. The normalized spacial score (nSPS) is 26.7. The van der Waals surface area contributed by atoms with Crippen LogP contribution in [0.15, 0.2) is 28.7 Å². The smallest absolute Gasteiger partial charge is 0.0175 e. The predicted octanol–water partition coefficient (Wildman–Crippen LogP) is 3.16. The van der Waals surface area contributed by atoms with E-state index in [4.69, 9.17) is 0 Å². The maximum atomic E-state index is 3.47. The molecule has 0 aromatic heterocycles. The Kier molecular flexibility index (Phi) is 3.24. The lowest BCUT2D eigenvalue weighted by atomic mass is 9.87. The number of nitrogens with one attached hydrogen (secondary N) is 1. The van der Waals surface area contributed by atoms with Gasteiger partial charge in [-0.25, -0.2) is 0 Å². The minimum absolute atomic E-state index is 0.716. The Hall–Kier alpha value is -0.340. The highest BCUT2D eigenvalue weighted by Gasteiger charge is 2.26. The molecule has 1 aliphatic rings. The Morgan fingerprint density at radius 3 is 2.64 bits per heavy atom. The van der Waals surface area contributed by atoms with E-state index in [1.54, 1.807) is 0 Å². The molecule has 0 unspecified atom stereocenters. The Balaban J connectivity index is 2.17. The summed E-state index contributed by atoms with van der Waals surface area (Å²) in [5, 5.41) is 3.47. The van der Waals surface area contributed by atoms with Crippen molar-refractivity contribution in [2.45, 2.75) is 19.3 Å². The molecule has 0 radical (unpaired) electrons. The lowest BCUT2D eigenvalue weighted by Gasteiger charge is -2.16. The van der Waals surface area contributed by atoms with E-state index < -0.39 is 0 Å². The molecule has 0 saturated carbocycles. The first-order chi connectivity index (χ1) is 6.81. The second kappa shape index (κ2) is 4.45. The monoisotopic (exact) mass is 253 g/mol. The van der Waals surface area contributed by atoms with Gasteiger partial charge in [-0.15, -0.1) is 0 Å². The van der Waals surface area contributed by atoms with E-state index in [0.717, 1.165) is 12.5 Å². The minimum Gasteiger partial charge on any atom is -0.316 e. The highest BCUT2D eigenvalue weighted by Crippen LogP contribution is 2.30. The van der Waals surface area contributed by atoms with Crippen LogP contribution in [-0.4, -0.2) is 13.1 Å². The third-order valence-corrected chi connectivity index (χ3v) is 3.69. The average molecular weight is 254 g/mol. The second-order valence-corrected chi connectivity index (χ2v) is 4.90. The molecule has 1 aromatic rings. The first-order valence-electron chi connectivity index (χ1n) is 5.27. The highest BCUT2D eigenvalue weighted by atomic mass is 79.9. The summed E-state index contributed by atoms with van der Waals surface area (Å²) < 4.78 is 1.17. The molecule has 2 rings (SSSR count). The molecule has 2 atom stereocenters. The fraction of sp³-hybridized carbons (Fsp3) is 0.500. The van der Waals surface area contributed by atoms with Crippen molar-refractivity contribution in [2.24, 2.45) is 5.92 Å². The SMILES string of the molecule is CC[C@H]1CNC[C@@H]1c1ccc(Br)cc1. The Bertz CT molecular complexity index is 294. The van der Waals surface area contributed by atoms with Gasteiger partial charge in [0.25, 0.3) is 0 Å². The number of halogens is 1. The average Bonchev–Trinajstić information content (AvgIpc) is 2.67. The van der Waals surface area contributed by atoms with Gasteiger partial charge in [0.2, 0.25) is 0 Å². The second-order valence-electron chi connectivity index (χ2n) is 3.98. The van der Waals surface area contributed by atoms with Gasteiger partial charge in [-0.3, -0.25) is 0 Å². The van der Waals surface area contributed by atoms with Crippen molar-refractivity contribution in [3.8, 4) is 0 Å². The number of hydrogen-bond donors (Lipinski definition) is 1. The number of rotatable bonds is 2. The molecule has 0 bridgehead atoms. The maximum absolute atomic E-state index is 3.47. The zero-order valence-electron chi connectivity index (χ0n) is 8.46. The molecule has 1 heterocycles. The quantitative estimate of drug-likeness (QED) is 0.854. The molecule has 1 aliphatic heterocycles. The van der Waals surface area contributed by atoms with Crippen LogP contribution in [0.3, 0.4) is 0 Å². The van der Waals surface area contributed by atoms with Crippen LogP contribution in [0.25, 0.3) is 0 Å². The lowest BCUT2D eigenvalue weighted by molar-refractivity contribution is 0.503. The molecule has 1 N–H and O–H groups in total. The van der Waals surface area contributed by atoms with Gasteiger partial charge in [-0.1, -0.05) is 41.4 Å². The van der Waals surface area contributed by atoms with E-state index >= 15 is 0 Å². The molecule has 14 heavy (non-hydrogen) atoms. The first kappa shape index (κ1) is 10.2. The van der Waals surface area contributed by atoms with E-state index in [0.29, 0.717) is 5.92 Å². The van der Waals surface area contributed by atoms with Crippen molar-refractivity contribution in [3.05, 3.63) is 34.3 Å². The Labute approximate surface area is 94.0 Å². The van der Waals surface area contributed by atoms with Gasteiger partial charge < -0.3 is 5.32 Å². The summed E-state index contributed by atoms with van der Waals surface area (Å²) in [4.78, 5) is 0. The van der Waals surface area contributed by atoms with Gasteiger partial charge >= 0.3 is 0 Å². The minimum atomic E-state index is 0.716. The zero-order valence-corrected chi connectivity index (χ0v) is 10.0. The van der Waals surface area contributed by atoms with Crippen molar-refractivity contribution in [1.29, 1.82) is 0 Å². The van der Waals surface area contributed by atoms with Gasteiger partial charge in [0, 0.05) is 16.9 Å². The summed E-state index contributed by atoms with van der Waals surface area (Å²) in [5.41, 5.74) is 1.48. The zero-order chi connectivity index (χ0) is 9.97. The van der Waals surface area contributed by atoms with Gasteiger partial charge in [-0.2, -0.15) is 0 Å². The van der Waals surface area contributed by atoms with Gasteiger partial charge in [0.05, 0.1) is 0 Å². The molecule has 1 fully saturated rings. The highest BCUT2D eigenvalue weighted by molar-refractivity contribution is 9.10. The Morgan fingerprint density at radius 2 is 2.00 bits per heavy atom. The number of hydrogen-bond acceptors (Lipinski definition) is 1. The van der Waals surface area contributed by atoms with E-state index in [-0.39, 0.29) is 0 Å². The molecule has 0 spiro atoms. The van der Waals surface area contributed by atoms with Crippen LogP contribution in [-0.2, 0) is 0 Å². The Morgan fingerprint density at radius 1 is 1.29 bits per heavy atom. The van der Waals surface area contributed by atoms with Gasteiger partial charge in [0.15, 0.2) is 0 Å². The molecule has 1 aromatic carbocycles. The predicted molar refractivity (Wildman–Crippen MR) is 63.5 cm³/mol. The van der Waals surface area contributed by atoms with Crippen LogP contribution in [0.1, 0.15) is 24.8 Å². The topological polar surface area (TPSA) is 12.0 Å². The molecule has 76 valence electrons. The fourth-order valence-electron chi connectivity index (χ4n) is 2.26. The van der Waals surface area contributed by atoms with Crippen LogP contribution in [0.2, 0.25) is 0 Å². The summed E-state index contributed by atoms with van der Waals surface area (Å²) in [6.07, 6.45) is 1.27. The number of benzene rings is 1. The molecule has 0 aliphatic carbocycles. The molecule has 1 saturated heterocycles. The van der Waals surface area contributed by atoms with E-state index in [1.807, 2.05) is 0 Å². The summed E-state index contributed by atoms with van der Waals surface area (Å²) >= 11 is 3.47. The van der Waals surface area contributed by atoms with Crippen molar-refractivity contribution in [3.63, 3.8) is 0 Å². The van der Waals surface area contributed by atoms with Crippen molar-refractivity contribution in [1.82, 2.24) is 5.32 Å². The van der Waals surface area contributed by atoms with Crippen LogP contribution < -0.4 is 5.32 Å². The van der Waals surface area contributed by atoms with Crippen LogP contribution >= 0.6 is 15.9 Å². The molecule has 0 amide bonds. The van der Waals surface area contributed by atoms with Crippen LogP contribution in [0.5, 0.6) is 0 Å². The molecule has 2 heteroatoms. The largest absolute Gasteiger partial charge is 0.316 e. The summed E-state index contributed by atoms with van der Waals surface area (Å²) in [6.45, 7) is 4.60. The lowest BCUT2D eigenvalue weighted by Crippen LogP contribution is -2.09. The van der Waals surface area contributed by atoms with E-state index in [1.165, 1.54) is 23.0 Å².